The molecule has 3 N–H and O–H groups in total. The van der Waals surface area contributed by atoms with Crippen molar-refractivity contribution in [2.24, 2.45) is 5.73 Å². The van der Waals surface area contributed by atoms with E-state index in [1.165, 1.54) is 14.0 Å². The molecular formula is C7H12F3N3OS. The number of carbonyl (C=O) groups excluding carboxylic acids is 1. The molecule has 88 valence electrons. The van der Waals surface area contributed by atoms with Gasteiger partial charge in [0.2, 0.25) is 0 Å². The largest absolute Gasteiger partial charge is 0.405 e. The van der Waals surface area contributed by atoms with Gasteiger partial charge in [0.05, 0.1) is 11.0 Å². The fraction of sp³-hybridized carbons (Fsp3) is 0.714. The molecule has 15 heavy (non-hydrogen) atoms. The van der Waals surface area contributed by atoms with E-state index in [1.54, 1.807) is 5.32 Å². The summed E-state index contributed by atoms with van der Waals surface area (Å²) in [6.45, 7) is 0.149. The van der Waals surface area contributed by atoms with Crippen molar-refractivity contribution in [1.82, 2.24) is 10.2 Å². The standard InChI is InChI=1S/C7H12F3N3OS/c1-4(5(11)15)13(2)6(14)12-3-7(8,9)10/h4H,3H2,1-2H3,(H2,11,15)(H,12,14). The van der Waals surface area contributed by atoms with Gasteiger partial charge in [-0.2, -0.15) is 13.2 Å². The number of rotatable bonds is 3. The fourth-order valence-electron chi connectivity index (χ4n) is 0.667. The molecule has 0 saturated carbocycles. The Labute approximate surface area is 90.6 Å². The Morgan fingerprint density at radius 3 is 2.40 bits per heavy atom. The number of amides is 2. The van der Waals surface area contributed by atoms with Crippen molar-refractivity contribution < 1.29 is 18.0 Å². The van der Waals surface area contributed by atoms with Gasteiger partial charge in [0.25, 0.3) is 0 Å². The highest BCUT2D eigenvalue weighted by atomic mass is 32.1. The van der Waals surface area contributed by atoms with E-state index in [1.807, 2.05) is 0 Å². The van der Waals surface area contributed by atoms with Crippen LogP contribution in [0.5, 0.6) is 0 Å². The van der Waals surface area contributed by atoms with Gasteiger partial charge in [0.15, 0.2) is 0 Å². The van der Waals surface area contributed by atoms with Gasteiger partial charge >= 0.3 is 12.2 Å². The number of nitrogens with one attached hydrogen (secondary N) is 1. The Hall–Kier alpha value is -1.05. The zero-order valence-corrected chi connectivity index (χ0v) is 9.08. The molecule has 0 aromatic heterocycles. The van der Waals surface area contributed by atoms with Crippen LogP contribution in [0.2, 0.25) is 0 Å². The van der Waals surface area contributed by atoms with Crippen LogP contribution in [0.3, 0.4) is 0 Å². The first-order valence-corrected chi connectivity index (χ1v) is 4.42. The summed E-state index contributed by atoms with van der Waals surface area (Å²) in [7, 11) is 1.32. The van der Waals surface area contributed by atoms with E-state index in [2.05, 4.69) is 12.2 Å². The highest BCUT2D eigenvalue weighted by Gasteiger charge is 2.29. The molecule has 0 saturated heterocycles. The van der Waals surface area contributed by atoms with E-state index < -0.39 is 24.8 Å². The zero-order chi connectivity index (χ0) is 12.2. The van der Waals surface area contributed by atoms with Crippen LogP contribution in [0, 0.1) is 0 Å². The van der Waals surface area contributed by atoms with Crippen LogP contribution in [-0.2, 0) is 0 Å². The number of halogens is 3. The van der Waals surface area contributed by atoms with Crippen LogP contribution in [0.4, 0.5) is 18.0 Å². The summed E-state index contributed by atoms with van der Waals surface area (Å²) in [4.78, 5) is 12.2. The van der Waals surface area contributed by atoms with E-state index in [4.69, 9.17) is 5.73 Å². The Morgan fingerprint density at radius 1 is 1.60 bits per heavy atom. The van der Waals surface area contributed by atoms with Gasteiger partial charge in [-0.15, -0.1) is 0 Å². The Bertz CT molecular complexity index is 256. The summed E-state index contributed by atoms with van der Waals surface area (Å²) >= 11 is 4.61. The zero-order valence-electron chi connectivity index (χ0n) is 8.26. The van der Waals surface area contributed by atoms with Gasteiger partial charge in [-0.3, -0.25) is 0 Å². The number of thiocarbonyl (C=S) groups is 1. The molecule has 0 aromatic rings. The molecule has 0 aromatic carbocycles. The molecule has 0 bridgehead atoms. The lowest BCUT2D eigenvalue weighted by atomic mass is 10.3. The van der Waals surface area contributed by atoms with Crippen LogP contribution in [0.1, 0.15) is 6.92 Å². The summed E-state index contributed by atoms with van der Waals surface area (Å²) in [5.74, 6) is 0. The van der Waals surface area contributed by atoms with E-state index in [9.17, 15) is 18.0 Å². The molecule has 1 atom stereocenters. The number of urea groups is 1. The Kier molecular flexibility index (Phi) is 4.79. The topological polar surface area (TPSA) is 58.4 Å². The minimum absolute atomic E-state index is 0.0414. The summed E-state index contributed by atoms with van der Waals surface area (Å²) in [5.41, 5.74) is 5.24. The Balaban J connectivity index is 4.17. The van der Waals surface area contributed by atoms with E-state index in [0.29, 0.717) is 0 Å². The molecule has 0 aliphatic heterocycles. The van der Waals surface area contributed by atoms with Crippen LogP contribution >= 0.6 is 12.2 Å². The minimum Gasteiger partial charge on any atom is -0.392 e. The Morgan fingerprint density at radius 2 is 2.07 bits per heavy atom. The number of alkyl halides is 3. The monoisotopic (exact) mass is 243 g/mol. The molecular weight excluding hydrogens is 231 g/mol. The van der Waals surface area contributed by atoms with Crippen molar-refractivity contribution in [2.75, 3.05) is 13.6 Å². The minimum atomic E-state index is -4.43. The van der Waals surface area contributed by atoms with Crippen LogP contribution in [0.25, 0.3) is 0 Å². The number of hydrogen-bond acceptors (Lipinski definition) is 2. The normalized spacial score (nSPS) is 13.1. The molecule has 0 fully saturated rings. The van der Waals surface area contributed by atoms with Crippen LogP contribution in [-0.4, -0.2) is 41.7 Å². The van der Waals surface area contributed by atoms with Gasteiger partial charge < -0.3 is 16.0 Å². The van der Waals surface area contributed by atoms with Crippen molar-refractivity contribution in [3.05, 3.63) is 0 Å². The van der Waals surface area contributed by atoms with Crippen LogP contribution < -0.4 is 11.1 Å². The molecule has 0 rings (SSSR count). The van der Waals surface area contributed by atoms with Crippen molar-refractivity contribution >= 4 is 23.2 Å². The highest BCUT2D eigenvalue weighted by molar-refractivity contribution is 7.80. The second kappa shape index (κ2) is 5.15. The SMILES string of the molecule is CC(C(N)=S)N(C)C(=O)NCC(F)(F)F. The van der Waals surface area contributed by atoms with Gasteiger partial charge in [-0.1, -0.05) is 12.2 Å². The molecule has 2 amide bonds. The van der Waals surface area contributed by atoms with E-state index in [-0.39, 0.29) is 4.99 Å². The number of carbonyl (C=O) groups is 1. The second-order valence-corrected chi connectivity index (χ2v) is 3.43. The first-order chi connectivity index (χ1) is 6.65. The summed E-state index contributed by atoms with van der Waals surface area (Å²) in [5, 5.41) is 1.70. The first-order valence-electron chi connectivity index (χ1n) is 4.02. The molecule has 0 radical (unpaired) electrons. The lowest BCUT2D eigenvalue weighted by molar-refractivity contribution is -0.123. The maximum atomic E-state index is 11.8. The van der Waals surface area contributed by atoms with Gasteiger partial charge in [-0.05, 0) is 6.92 Å². The second-order valence-electron chi connectivity index (χ2n) is 2.96. The molecule has 0 heterocycles. The van der Waals surface area contributed by atoms with Crippen molar-refractivity contribution in [1.29, 1.82) is 0 Å². The fourth-order valence-corrected chi connectivity index (χ4v) is 0.825. The number of hydrogen-bond donors (Lipinski definition) is 2. The van der Waals surface area contributed by atoms with E-state index in [0.717, 1.165) is 4.90 Å². The summed E-state index contributed by atoms with van der Waals surface area (Å²) < 4.78 is 35.3. The first kappa shape index (κ1) is 13.9. The van der Waals surface area contributed by atoms with Gasteiger partial charge in [0.1, 0.15) is 6.54 Å². The third-order valence-corrected chi connectivity index (χ3v) is 2.09. The van der Waals surface area contributed by atoms with Gasteiger partial charge in [-0.25, -0.2) is 4.79 Å². The summed E-state index contributed by atoms with van der Waals surface area (Å²) in [6, 6.07) is -1.46. The number of likely N-dealkylation sites (N-methyl/N-ethyl adjacent to an activating group) is 1. The molecule has 8 heteroatoms. The summed E-state index contributed by atoms with van der Waals surface area (Å²) in [6.07, 6.45) is -4.43. The molecule has 0 aliphatic carbocycles. The maximum absolute atomic E-state index is 11.8. The molecule has 1 unspecified atom stereocenters. The third kappa shape index (κ3) is 5.40. The predicted octanol–water partition coefficient (Wildman–Crippen LogP) is 0.865. The molecule has 0 spiro atoms. The van der Waals surface area contributed by atoms with E-state index >= 15 is 0 Å². The van der Waals surface area contributed by atoms with Gasteiger partial charge in [0, 0.05) is 7.05 Å². The quantitative estimate of drug-likeness (QED) is 0.723. The third-order valence-electron chi connectivity index (χ3n) is 1.75. The lowest BCUT2D eigenvalue weighted by Gasteiger charge is -2.24. The van der Waals surface area contributed by atoms with Crippen molar-refractivity contribution in [3.8, 4) is 0 Å². The average molecular weight is 243 g/mol. The lowest BCUT2D eigenvalue weighted by Crippen LogP contribution is -2.49. The van der Waals surface area contributed by atoms with Crippen molar-refractivity contribution in [2.45, 2.75) is 19.1 Å². The van der Waals surface area contributed by atoms with Crippen molar-refractivity contribution in [3.63, 3.8) is 0 Å². The number of nitrogens with zero attached hydrogens (tertiary/aromatic N) is 1. The smallest absolute Gasteiger partial charge is 0.392 e. The highest BCUT2D eigenvalue weighted by Crippen LogP contribution is 2.12. The number of nitrogens with two attached hydrogens (primary N) is 1. The maximum Gasteiger partial charge on any atom is 0.405 e. The average Bonchev–Trinajstić information content (AvgIpc) is 2.10. The predicted molar refractivity (Wildman–Crippen MR) is 53.5 cm³/mol. The molecule has 0 aliphatic rings. The van der Waals surface area contributed by atoms with Crippen LogP contribution in [0.15, 0.2) is 0 Å². The molecule has 4 nitrogen and oxygen atoms in total.